The number of hydrogen-bond acceptors (Lipinski definition) is 5. The average molecular weight is 353 g/mol. The van der Waals surface area contributed by atoms with E-state index in [2.05, 4.69) is 20.2 Å². The molecule has 1 saturated heterocycles. The van der Waals surface area contributed by atoms with Crippen LogP contribution in [-0.4, -0.2) is 47.2 Å². The Morgan fingerprint density at radius 2 is 1.92 bits per heavy atom. The van der Waals surface area contributed by atoms with Crippen LogP contribution in [-0.2, 0) is 0 Å². The highest BCUT2D eigenvalue weighted by molar-refractivity contribution is 8.00. The largest absolute Gasteiger partial charge is 0.336 e. The Kier molecular flexibility index (Phi) is 4.58. The van der Waals surface area contributed by atoms with Gasteiger partial charge in [0, 0.05) is 42.0 Å². The first-order chi connectivity index (χ1) is 12.3. The van der Waals surface area contributed by atoms with Crippen LogP contribution in [0.2, 0.25) is 0 Å². The lowest BCUT2D eigenvalue weighted by atomic mass is 10.1. The third-order valence-corrected chi connectivity index (χ3v) is 5.03. The number of nitrogens with one attached hydrogen (secondary N) is 3. The minimum absolute atomic E-state index is 0.0752. The summed E-state index contributed by atoms with van der Waals surface area (Å²) in [5, 5.41) is 11.5. The average Bonchev–Trinajstić information content (AvgIpc) is 3.09. The van der Waals surface area contributed by atoms with Gasteiger partial charge in [-0.1, -0.05) is 18.2 Å². The number of carbonyl (C=O) groups excluding carboxylic acids is 1. The van der Waals surface area contributed by atoms with Gasteiger partial charge in [0.2, 0.25) is 0 Å². The van der Waals surface area contributed by atoms with Gasteiger partial charge in [-0.3, -0.25) is 9.89 Å². The maximum absolute atomic E-state index is 12.7. The van der Waals surface area contributed by atoms with E-state index in [1.807, 2.05) is 53.4 Å². The predicted molar refractivity (Wildman–Crippen MR) is 101 cm³/mol. The molecule has 0 radical (unpaired) electrons. The molecule has 0 unspecified atom stereocenters. The summed E-state index contributed by atoms with van der Waals surface area (Å²) in [4.78, 5) is 15.7. The Morgan fingerprint density at radius 3 is 2.72 bits per heavy atom. The number of fused-ring (bicyclic) bond motifs is 1. The maximum atomic E-state index is 12.7. The topological polar surface area (TPSA) is 73.0 Å². The maximum Gasteiger partial charge on any atom is 0.253 e. The smallest absolute Gasteiger partial charge is 0.253 e. The van der Waals surface area contributed by atoms with E-state index in [-0.39, 0.29) is 5.91 Å². The monoisotopic (exact) mass is 353 g/mol. The molecule has 7 heteroatoms. The second-order valence-corrected chi connectivity index (χ2v) is 6.77. The summed E-state index contributed by atoms with van der Waals surface area (Å²) < 4.78 is 3.27. The number of nitrogens with zero attached hydrogens (tertiary/aromatic N) is 2. The van der Waals surface area contributed by atoms with Crippen LogP contribution >= 0.6 is 11.9 Å². The highest BCUT2D eigenvalue weighted by Crippen LogP contribution is 2.27. The zero-order chi connectivity index (χ0) is 17.1. The van der Waals surface area contributed by atoms with Crippen LogP contribution in [0.5, 0.6) is 0 Å². The molecule has 4 rings (SSSR count). The standard InChI is InChI=1S/C18H19N5OS/c24-18(23-10-8-19-9-11-23)13-6-7-16-15(12-13)17(21-20-16)22-25-14-4-2-1-3-5-14/h1-7,12,19H,8-11H2,(H2,20,21,22). The van der Waals surface area contributed by atoms with Crippen LogP contribution in [0, 0.1) is 0 Å². The lowest BCUT2D eigenvalue weighted by Gasteiger charge is -2.27. The van der Waals surface area contributed by atoms with Gasteiger partial charge in [-0.25, -0.2) is 0 Å². The molecular formula is C18H19N5OS. The van der Waals surface area contributed by atoms with E-state index in [4.69, 9.17) is 0 Å². The Labute approximate surface area is 150 Å². The van der Waals surface area contributed by atoms with Gasteiger partial charge >= 0.3 is 0 Å². The van der Waals surface area contributed by atoms with Gasteiger partial charge in [0.15, 0.2) is 5.82 Å². The summed E-state index contributed by atoms with van der Waals surface area (Å²) in [6.07, 6.45) is 0. The van der Waals surface area contributed by atoms with Crippen LogP contribution in [0.3, 0.4) is 0 Å². The molecule has 1 aromatic heterocycles. The lowest BCUT2D eigenvalue weighted by molar-refractivity contribution is 0.0736. The summed E-state index contributed by atoms with van der Waals surface area (Å²) >= 11 is 1.50. The van der Waals surface area contributed by atoms with Crippen molar-refractivity contribution >= 4 is 34.6 Å². The molecule has 3 N–H and O–H groups in total. The van der Waals surface area contributed by atoms with Crippen molar-refractivity contribution in [2.24, 2.45) is 0 Å². The van der Waals surface area contributed by atoms with E-state index in [1.165, 1.54) is 11.9 Å². The molecule has 6 nitrogen and oxygen atoms in total. The molecule has 3 aromatic rings. The molecule has 0 spiro atoms. The first kappa shape index (κ1) is 16.0. The summed E-state index contributed by atoms with van der Waals surface area (Å²) in [7, 11) is 0. The van der Waals surface area contributed by atoms with Gasteiger partial charge in [-0.05, 0) is 42.3 Å². The number of rotatable bonds is 4. The van der Waals surface area contributed by atoms with E-state index in [0.717, 1.165) is 47.8 Å². The Hall–Kier alpha value is -2.51. The first-order valence-corrected chi connectivity index (χ1v) is 9.09. The van der Waals surface area contributed by atoms with E-state index < -0.39 is 0 Å². The van der Waals surface area contributed by atoms with Gasteiger partial charge < -0.3 is 14.9 Å². The molecule has 0 atom stereocenters. The van der Waals surface area contributed by atoms with Crippen LogP contribution in [0.4, 0.5) is 5.82 Å². The van der Waals surface area contributed by atoms with Crippen LogP contribution < -0.4 is 10.0 Å². The number of amides is 1. The molecule has 128 valence electrons. The van der Waals surface area contributed by atoms with E-state index in [1.54, 1.807) is 0 Å². The molecule has 2 aromatic carbocycles. The Morgan fingerprint density at radius 1 is 1.12 bits per heavy atom. The van der Waals surface area contributed by atoms with Crippen molar-refractivity contribution in [3.05, 3.63) is 54.1 Å². The number of carbonyl (C=O) groups is 1. The highest BCUT2D eigenvalue weighted by Gasteiger charge is 2.19. The zero-order valence-electron chi connectivity index (χ0n) is 13.7. The fourth-order valence-electron chi connectivity index (χ4n) is 2.87. The first-order valence-electron chi connectivity index (χ1n) is 8.27. The molecule has 0 bridgehead atoms. The number of benzene rings is 2. The van der Waals surface area contributed by atoms with Gasteiger partial charge in [-0.15, -0.1) is 0 Å². The summed E-state index contributed by atoms with van der Waals surface area (Å²) in [6.45, 7) is 3.19. The molecule has 25 heavy (non-hydrogen) atoms. The predicted octanol–water partition coefficient (Wildman–Crippen LogP) is 2.73. The van der Waals surface area contributed by atoms with Crippen molar-refractivity contribution in [2.45, 2.75) is 4.90 Å². The minimum Gasteiger partial charge on any atom is -0.336 e. The van der Waals surface area contributed by atoms with E-state index in [0.29, 0.717) is 5.56 Å². The number of hydrogen-bond donors (Lipinski definition) is 3. The number of anilines is 1. The van der Waals surface area contributed by atoms with Gasteiger partial charge in [0.05, 0.1) is 5.52 Å². The second kappa shape index (κ2) is 7.16. The number of aromatic amines is 1. The van der Waals surface area contributed by atoms with Crippen molar-refractivity contribution < 1.29 is 4.79 Å². The van der Waals surface area contributed by atoms with Gasteiger partial charge in [0.25, 0.3) is 5.91 Å². The van der Waals surface area contributed by atoms with Crippen molar-refractivity contribution in [3.63, 3.8) is 0 Å². The number of aromatic nitrogens is 2. The lowest BCUT2D eigenvalue weighted by Crippen LogP contribution is -2.46. The number of piperazine rings is 1. The molecule has 2 heterocycles. The van der Waals surface area contributed by atoms with Crippen molar-refractivity contribution in [2.75, 3.05) is 30.9 Å². The fraction of sp³-hybridized carbons (Fsp3) is 0.222. The second-order valence-electron chi connectivity index (χ2n) is 5.89. The fourth-order valence-corrected chi connectivity index (χ4v) is 3.53. The summed E-state index contributed by atoms with van der Waals surface area (Å²) in [5.74, 6) is 0.810. The van der Waals surface area contributed by atoms with E-state index in [9.17, 15) is 4.79 Å². The molecule has 0 aliphatic carbocycles. The Bertz CT molecular complexity index is 874. The van der Waals surface area contributed by atoms with E-state index >= 15 is 0 Å². The highest BCUT2D eigenvalue weighted by atomic mass is 32.2. The van der Waals surface area contributed by atoms with Crippen LogP contribution in [0.15, 0.2) is 53.4 Å². The van der Waals surface area contributed by atoms with Crippen molar-refractivity contribution in [1.82, 2.24) is 20.4 Å². The molecule has 1 aliphatic rings. The zero-order valence-corrected chi connectivity index (χ0v) is 14.5. The van der Waals surface area contributed by atoms with Crippen LogP contribution in [0.25, 0.3) is 10.9 Å². The minimum atomic E-state index is 0.0752. The van der Waals surface area contributed by atoms with Crippen LogP contribution in [0.1, 0.15) is 10.4 Å². The number of H-pyrrole nitrogens is 1. The molecule has 1 fully saturated rings. The summed E-state index contributed by atoms with van der Waals surface area (Å²) in [6, 6.07) is 15.7. The third kappa shape index (κ3) is 3.47. The van der Waals surface area contributed by atoms with Crippen molar-refractivity contribution in [1.29, 1.82) is 0 Å². The molecule has 0 saturated carbocycles. The summed E-state index contributed by atoms with van der Waals surface area (Å²) in [5.41, 5.74) is 1.61. The SMILES string of the molecule is O=C(c1ccc2[nH]nc(NSc3ccccc3)c2c1)N1CCNCC1. The van der Waals surface area contributed by atoms with Gasteiger partial charge in [-0.2, -0.15) is 5.10 Å². The molecular weight excluding hydrogens is 334 g/mol. The van der Waals surface area contributed by atoms with Gasteiger partial charge in [0.1, 0.15) is 0 Å². The normalized spacial score (nSPS) is 14.6. The van der Waals surface area contributed by atoms with Crippen molar-refractivity contribution in [3.8, 4) is 0 Å². The quantitative estimate of drug-likeness (QED) is 0.629. The molecule has 1 aliphatic heterocycles. The third-order valence-electron chi connectivity index (χ3n) is 4.22. The molecule has 1 amide bonds. The Balaban J connectivity index is 1.55.